The van der Waals surface area contributed by atoms with E-state index in [9.17, 15) is 9.90 Å². The van der Waals surface area contributed by atoms with Crippen molar-refractivity contribution >= 4 is 5.78 Å². The number of hydrogen-bond donors (Lipinski definition) is 1. The van der Waals surface area contributed by atoms with Crippen LogP contribution in [-0.4, -0.2) is 91.1 Å². The molecule has 0 radical (unpaired) electrons. The van der Waals surface area contributed by atoms with E-state index in [-0.39, 0.29) is 72.7 Å². The molecule has 0 aromatic rings. The molecule has 0 bridgehead atoms. The molecular formula is C29H46O9. The molecule has 0 amide bonds. The third kappa shape index (κ3) is 4.89. The maximum atomic E-state index is 11.6. The molecule has 9 heteroatoms. The highest BCUT2D eigenvalue weighted by molar-refractivity contribution is 5.75. The van der Waals surface area contributed by atoms with Crippen molar-refractivity contribution in [2.75, 3.05) is 13.2 Å². The van der Waals surface area contributed by atoms with Crippen LogP contribution >= 0.6 is 0 Å². The number of fused-ring (bicyclic) bond motifs is 4. The van der Waals surface area contributed by atoms with Crippen molar-refractivity contribution in [1.82, 2.24) is 0 Å². The lowest BCUT2D eigenvalue weighted by Gasteiger charge is -2.51. The Labute approximate surface area is 226 Å². The van der Waals surface area contributed by atoms with Gasteiger partial charge in [0.05, 0.1) is 62.4 Å². The summed E-state index contributed by atoms with van der Waals surface area (Å²) in [6.07, 6.45) is 1.48. The van der Waals surface area contributed by atoms with Gasteiger partial charge < -0.3 is 38.3 Å². The average molecular weight is 539 g/mol. The van der Waals surface area contributed by atoms with E-state index in [2.05, 4.69) is 27.7 Å². The molecule has 0 aromatic heterocycles. The summed E-state index contributed by atoms with van der Waals surface area (Å²) < 4.78 is 45.1. The van der Waals surface area contributed by atoms with Crippen LogP contribution in [-0.2, 0) is 38.0 Å². The van der Waals surface area contributed by atoms with Crippen LogP contribution in [0.25, 0.3) is 0 Å². The smallest absolute Gasteiger partial charge is 0.171 e. The fraction of sp³-hybridized carbons (Fsp3) is 0.966. The van der Waals surface area contributed by atoms with Gasteiger partial charge in [-0.2, -0.15) is 0 Å². The Kier molecular flexibility index (Phi) is 7.70. The molecule has 2 unspecified atom stereocenters. The molecule has 15 atom stereocenters. The number of ketones is 1. The number of Topliss-reactive ketones (excluding diaryl/α,β-unsaturated/α-hetero) is 1. The lowest BCUT2D eigenvalue weighted by molar-refractivity contribution is -0.339. The first-order valence-corrected chi connectivity index (χ1v) is 14.9. The summed E-state index contributed by atoms with van der Waals surface area (Å²) in [4.78, 5) is 11.6. The number of ether oxygens (including phenoxy) is 7. The molecule has 9 nitrogen and oxygen atoms in total. The van der Waals surface area contributed by atoms with Crippen LogP contribution < -0.4 is 0 Å². The van der Waals surface area contributed by atoms with Crippen molar-refractivity contribution in [1.29, 1.82) is 0 Å². The molecule has 6 heterocycles. The van der Waals surface area contributed by atoms with Crippen LogP contribution in [0.1, 0.15) is 73.1 Å². The van der Waals surface area contributed by atoms with Gasteiger partial charge in [-0.05, 0) is 38.0 Å². The van der Waals surface area contributed by atoms with E-state index in [1.54, 1.807) is 6.92 Å². The van der Waals surface area contributed by atoms with Crippen LogP contribution in [0.4, 0.5) is 0 Å². The van der Waals surface area contributed by atoms with Crippen LogP contribution in [0, 0.1) is 23.7 Å². The van der Waals surface area contributed by atoms with Gasteiger partial charge in [0.2, 0.25) is 0 Å². The predicted octanol–water partition coefficient (Wildman–Crippen LogP) is 2.99. The lowest BCUT2D eigenvalue weighted by atomic mass is 9.76. The zero-order valence-electron chi connectivity index (χ0n) is 23.5. The summed E-state index contributed by atoms with van der Waals surface area (Å²) in [6.45, 7) is 11.3. The maximum Gasteiger partial charge on any atom is 0.171 e. The summed E-state index contributed by atoms with van der Waals surface area (Å²) in [5.41, 5.74) is 0. The van der Waals surface area contributed by atoms with Gasteiger partial charge >= 0.3 is 0 Å². The SMILES string of the molecule is CC(=O)C[C@H]1OC[C@@H]2O[C@@H]3C[C@@H]4O[C@H]5C(OC6(CCCO6)[C@@H](C)[C@@H]5C)[C@@H](O)[C@H](C)[C@H]4O[C@H]3C[C@@H](C)C[C@H]2O1. The number of aliphatic hydroxyl groups is 1. The molecule has 1 N–H and O–H groups in total. The van der Waals surface area contributed by atoms with Crippen LogP contribution in [0.3, 0.4) is 0 Å². The minimum Gasteiger partial charge on any atom is -0.390 e. The minimum atomic E-state index is -0.711. The Morgan fingerprint density at radius 3 is 2.26 bits per heavy atom. The molecule has 6 fully saturated rings. The number of hydrogen-bond acceptors (Lipinski definition) is 9. The second-order valence-corrected chi connectivity index (χ2v) is 13.0. The highest BCUT2D eigenvalue weighted by Gasteiger charge is 2.60. The first kappa shape index (κ1) is 27.5. The molecule has 0 saturated carbocycles. The predicted molar refractivity (Wildman–Crippen MR) is 135 cm³/mol. The van der Waals surface area contributed by atoms with Gasteiger partial charge in [-0.3, -0.25) is 4.79 Å². The van der Waals surface area contributed by atoms with Crippen molar-refractivity contribution in [3.63, 3.8) is 0 Å². The van der Waals surface area contributed by atoms with Crippen molar-refractivity contribution in [2.24, 2.45) is 23.7 Å². The second-order valence-electron chi connectivity index (χ2n) is 13.0. The van der Waals surface area contributed by atoms with E-state index < -0.39 is 24.3 Å². The topological polar surface area (TPSA) is 102 Å². The highest BCUT2D eigenvalue weighted by atomic mass is 16.7. The molecule has 1 spiro atoms. The van der Waals surface area contributed by atoms with Crippen molar-refractivity contribution < 1.29 is 43.1 Å². The van der Waals surface area contributed by atoms with Gasteiger partial charge in [0.25, 0.3) is 0 Å². The Bertz CT molecular complexity index is 861. The number of aliphatic hydroxyl groups excluding tert-OH is 1. The normalized spacial score (nSPS) is 55.0. The average Bonchev–Trinajstić information content (AvgIpc) is 3.31. The van der Waals surface area contributed by atoms with Crippen molar-refractivity contribution in [2.45, 2.75) is 140 Å². The van der Waals surface area contributed by atoms with E-state index in [0.717, 1.165) is 25.7 Å². The molecular weight excluding hydrogens is 492 g/mol. The van der Waals surface area contributed by atoms with E-state index >= 15 is 0 Å². The third-order valence-corrected chi connectivity index (χ3v) is 10.2. The van der Waals surface area contributed by atoms with E-state index in [1.807, 2.05) is 0 Å². The summed E-state index contributed by atoms with van der Waals surface area (Å²) in [5, 5.41) is 11.6. The van der Waals surface area contributed by atoms with Gasteiger partial charge in [0.15, 0.2) is 12.1 Å². The van der Waals surface area contributed by atoms with Crippen molar-refractivity contribution in [3.05, 3.63) is 0 Å². The molecule has 0 aromatic carbocycles. The zero-order valence-corrected chi connectivity index (χ0v) is 23.5. The van der Waals surface area contributed by atoms with Gasteiger partial charge in [-0.15, -0.1) is 0 Å². The van der Waals surface area contributed by atoms with Gasteiger partial charge in [-0.25, -0.2) is 0 Å². The number of carbonyl (C=O) groups excluding carboxylic acids is 1. The van der Waals surface area contributed by atoms with Crippen LogP contribution in [0.15, 0.2) is 0 Å². The van der Waals surface area contributed by atoms with Crippen LogP contribution in [0.2, 0.25) is 0 Å². The van der Waals surface area contributed by atoms with E-state index in [1.165, 1.54) is 0 Å². The second kappa shape index (κ2) is 10.6. The minimum absolute atomic E-state index is 0.0563. The molecule has 6 aliphatic heterocycles. The summed E-state index contributed by atoms with van der Waals surface area (Å²) >= 11 is 0. The Morgan fingerprint density at radius 1 is 0.842 bits per heavy atom. The quantitative estimate of drug-likeness (QED) is 0.568. The van der Waals surface area contributed by atoms with Gasteiger partial charge in [-0.1, -0.05) is 27.7 Å². The highest BCUT2D eigenvalue weighted by Crippen LogP contribution is 2.50. The Hall–Kier alpha value is -0.650. The van der Waals surface area contributed by atoms with Gasteiger partial charge in [0.1, 0.15) is 18.0 Å². The largest absolute Gasteiger partial charge is 0.390 e. The fourth-order valence-corrected chi connectivity index (χ4v) is 7.90. The molecule has 38 heavy (non-hydrogen) atoms. The fourth-order valence-electron chi connectivity index (χ4n) is 7.90. The lowest BCUT2D eigenvalue weighted by Crippen LogP contribution is -2.60. The van der Waals surface area contributed by atoms with Gasteiger partial charge in [0, 0.05) is 24.7 Å². The molecule has 0 aliphatic carbocycles. The van der Waals surface area contributed by atoms with Crippen LogP contribution in [0.5, 0.6) is 0 Å². The standard InChI is InChI=1S/C29H46O9/c1-14-9-19-21(34-23-13-32-24(11-15(2)30)35-20(23)10-14)12-22-26(36-19)17(4)25(31)28-27(37-22)16(3)18(5)29(38-28)7-6-8-33-29/h14,16-28,31H,6-13H2,1-5H3/t14-,16+,17+,18+,19+,20-,21-,22+,23+,24+,25+,26-,27-,28?,29?/m1/s1. The zero-order chi connectivity index (χ0) is 26.8. The Morgan fingerprint density at radius 2 is 1.55 bits per heavy atom. The molecule has 216 valence electrons. The molecule has 6 rings (SSSR count). The molecule has 6 aliphatic rings. The number of rotatable bonds is 2. The summed E-state index contributed by atoms with van der Waals surface area (Å²) in [6, 6.07) is 0. The third-order valence-electron chi connectivity index (χ3n) is 10.2. The van der Waals surface area contributed by atoms with Crippen molar-refractivity contribution in [3.8, 4) is 0 Å². The summed E-state index contributed by atoms with van der Waals surface area (Å²) in [5.74, 6) is -0.0743. The Balaban J connectivity index is 1.21. The summed E-state index contributed by atoms with van der Waals surface area (Å²) in [7, 11) is 0. The van der Waals surface area contributed by atoms with E-state index in [0.29, 0.717) is 25.6 Å². The first-order valence-electron chi connectivity index (χ1n) is 14.9. The number of carbonyl (C=O) groups is 1. The monoisotopic (exact) mass is 538 g/mol. The molecule has 6 saturated heterocycles. The first-order chi connectivity index (χ1) is 18.1. The maximum absolute atomic E-state index is 11.6. The van der Waals surface area contributed by atoms with E-state index in [4.69, 9.17) is 33.2 Å².